The minimum atomic E-state index is -4.76. The molecular formula is C23H25F3N2O4. The molecule has 0 bridgehead atoms. The Hall–Kier alpha value is -3.23. The van der Waals surface area contributed by atoms with Crippen LogP contribution in [0.25, 0.3) is 0 Å². The highest BCUT2D eigenvalue weighted by atomic mass is 19.4. The molecule has 1 aliphatic rings. The molecule has 1 fully saturated rings. The molecule has 2 amide bonds. The van der Waals surface area contributed by atoms with Gasteiger partial charge in [-0.3, -0.25) is 9.59 Å². The normalized spacial score (nSPS) is 16.9. The van der Waals surface area contributed by atoms with Crippen LogP contribution in [0.15, 0.2) is 48.5 Å². The fourth-order valence-electron chi connectivity index (χ4n) is 3.64. The minimum absolute atomic E-state index is 0.0841. The Morgan fingerprint density at radius 1 is 1.09 bits per heavy atom. The van der Waals surface area contributed by atoms with Crippen molar-refractivity contribution in [1.82, 2.24) is 10.2 Å². The molecular weight excluding hydrogens is 425 g/mol. The molecule has 0 radical (unpaired) electrons. The van der Waals surface area contributed by atoms with Gasteiger partial charge in [-0.2, -0.15) is 0 Å². The molecule has 1 heterocycles. The van der Waals surface area contributed by atoms with Gasteiger partial charge in [-0.1, -0.05) is 30.7 Å². The summed E-state index contributed by atoms with van der Waals surface area (Å²) in [7, 11) is 1.56. The van der Waals surface area contributed by atoms with Crippen molar-refractivity contribution in [1.29, 1.82) is 0 Å². The van der Waals surface area contributed by atoms with Gasteiger partial charge >= 0.3 is 6.36 Å². The summed E-state index contributed by atoms with van der Waals surface area (Å²) in [5.41, 5.74) is 1.48. The largest absolute Gasteiger partial charge is 0.573 e. The van der Waals surface area contributed by atoms with E-state index in [4.69, 9.17) is 4.74 Å². The predicted octanol–water partition coefficient (Wildman–Crippen LogP) is 4.18. The second kappa shape index (κ2) is 10.4. The molecule has 2 aromatic rings. The first-order valence-corrected chi connectivity index (χ1v) is 10.3. The minimum Gasteiger partial charge on any atom is -0.497 e. The maximum atomic E-state index is 12.9. The van der Waals surface area contributed by atoms with E-state index in [0.29, 0.717) is 24.2 Å². The number of alkyl halides is 3. The number of rotatable bonds is 7. The zero-order chi connectivity index (χ0) is 23.1. The summed E-state index contributed by atoms with van der Waals surface area (Å²) in [6.45, 7) is 0.417. The van der Waals surface area contributed by atoms with Gasteiger partial charge in [-0.05, 0) is 48.2 Å². The van der Waals surface area contributed by atoms with E-state index in [9.17, 15) is 22.8 Å². The number of ether oxygens (including phenoxy) is 2. The van der Waals surface area contributed by atoms with Gasteiger partial charge in [0.2, 0.25) is 11.8 Å². The molecule has 1 unspecified atom stereocenters. The number of carbonyl (C=O) groups excluding carboxylic acids is 2. The van der Waals surface area contributed by atoms with E-state index in [0.717, 1.165) is 18.4 Å². The maximum absolute atomic E-state index is 12.9. The van der Waals surface area contributed by atoms with E-state index >= 15 is 0 Å². The second-order valence-corrected chi connectivity index (χ2v) is 7.54. The summed E-state index contributed by atoms with van der Waals surface area (Å²) < 4.78 is 45.9. The van der Waals surface area contributed by atoms with Crippen molar-refractivity contribution in [3.8, 4) is 11.5 Å². The Morgan fingerprint density at radius 3 is 2.53 bits per heavy atom. The Morgan fingerprint density at radius 2 is 1.84 bits per heavy atom. The quantitative estimate of drug-likeness (QED) is 0.687. The third kappa shape index (κ3) is 6.63. The third-order valence-electron chi connectivity index (χ3n) is 5.23. The molecule has 32 heavy (non-hydrogen) atoms. The molecule has 0 aliphatic carbocycles. The third-order valence-corrected chi connectivity index (χ3v) is 5.23. The van der Waals surface area contributed by atoms with Crippen LogP contribution >= 0.6 is 0 Å². The van der Waals surface area contributed by atoms with Crippen molar-refractivity contribution < 1.29 is 32.2 Å². The van der Waals surface area contributed by atoms with Crippen LogP contribution in [-0.2, 0) is 22.7 Å². The molecule has 0 aromatic heterocycles. The molecule has 3 rings (SSSR count). The molecule has 6 nitrogen and oxygen atoms in total. The first-order valence-electron chi connectivity index (χ1n) is 10.3. The van der Waals surface area contributed by atoms with Gasteiger partial charge < -0.3 is 19.7 Å². The van der Waals surface area contributed by atoms with E-state index in [1.165, 1.54) is 24.3 Å². The molecule has 1 saturated heterocycles. The van der Waals surface area contributed by atoms with E-state index in [2.05, 4.69) is 10.1 Å². The number of benzene rings is 2. The average Bonchev–Trinajstić information content (AvgIpc) is 2.94. The molecule has 1 aliphatic heterocycles. The number of methoxy groups -OCH3 is 1. The number of carbonyl (C=O) groups is 2. The molecule has 1 N–H and O–H groups in total. The topological polar surface area (TPSA) is 67.9 Å². The number of halogens is 3. The summed E-state index contributed by atoms with van der Waals surface area (Å²) in [6, 6.07) is 12.0. The van der Waals surface area contributed by atoms with Crippen LogP contribution in [-0.4, -0.2) is 36.2 Å². The number of likely N-dealkylation sites (tertiary alicyclic amines) is 1. The zero-order valence-electron chi connectivity index (χ0n) is 17.7. The highest BCUT2D eigenvalue weighted by molar-refractivity contribution is 5.88. The van der Waals surface area contributed by atoms with Crippen LogP contribution in [0.1, 0.15) is 36.8 Å². The molecule has 0 spiro atoms. The van der Waals surface area contributed by atoms with E-state index in [1.807, 2.05) is 24.3 Å². The van der Waals surface area contributed by atoms with Gasteiger partial charge in [-0.15, -0.1) is 13.2 Å². The van der Waals surface area contributed by atoms with E-state index < -0.39 is 12.4 Å². The Labute approximate surface area is 184 Å². The lowest BCUT2D eigenvalue weighted by Gasteiger charge is -2.29. The summed E-state index contributed by atoms with van der Waals surface area (Å²) in [6.07, 6.45) is -2.36. The SMILES string of the molecule is COc1cccc(CN2C(=O)CCCCC2C(=O)NCc2ccc(OC(F)(F)F)cc2)c1. The fraction of sp³-hybridized carbons (Fsp3) is 0.391. The molecule has 2 aromatic carbocycles. The van der Waals surface area contributed by atoms with Crippen molar-refractivity contribution in [2.24, 2.45) is 0 Å². The van der Waals surface area contributed by atoms with Crippen molar-refractivity contribution in [2.45, 2.75) is 51.2 Å². The molecule has 1 atom stereocenters. The first-order chi connectivity index (χ1) is 15.2. The fourth-order valence-corrected chi connectivity index (χ4v) is 3.64. The van der Waals surface area contributed by atoms with Crippen LogP contribution in [0, 0.1) is 0 Å². The lowest BCUT2D eigenvalue weighted by atomic mass is 10.1. The van der Waals surface area contributed by atoms with Crippen LogP contribution in [0.5, 0.6) is 11.5 Å². The van der Waals surface area contributed by atoms with Gasteiger partial charge in [0.15, 0.2) is 0 Å². The van der Waals surface area contributed by atoms with Gasteiger partial charge in [0.1, 0.15) is 17.5 Å². The van der Waals surface area contributed by atoms with E-state index in [-0.39, 0.29) is 30.7 Å². The van der Waals surface area contributed by atoms with Crippen LogP contribution in [0.4, 0.5) is 13.2 Å². The van der Waals surface area contributed by atoms with Gasteiger partial charge in [0.25, 0.3) is 0 Å². The summed E-state index contributed by atoms with van der Waals surface area (Å²) >= 11 is 0. The summed E-state index contributed by atoms with van der Waals surface area (Å²) in [5.74, 6) is -0.0342. The maximum Gasteiger partial charge on any atom is 0.573 e. The van der Waals surface area contributed by atoms with Crippen LogP contribution in [0.3, 0.4) is 0 Å². The monoisotopic (exact) mass is 450 g/mol. The number of nitrogens with zero attached hydrogens (tertiary/aromatic N) is 1. The summed E-state index contributed by atoms with van der Waals surface area (Å²) in [4.78, 5) is 27.3. The van der Waals surface area contributed by atoms with Gasteiger partial charge in [0.05, 0.1) is 7.11 Å². The zero-order valence-corrected chi connectivity index (χ0v) is 17.7. The molecule has 172 valence electrons. The number of amides is 2. The first kappa shape index (κ1) is 23.4. The second-order valence-electron chi connectivity index (χ2n) is 7.54. The Balaban J connectivity index is 1.66. The van der Waals surface area contributed by atoms with Crippen molar-refractivity contribution >= 4 is 11.8 Å². The number of hydrogen-bond donors (Lipinski definition) is 1. The number of nitrogens with one attached hydrogen (secondary N) is 1. The highest BCUT2D eigenvalue weighted by Crippen LogP contribution is 2.24. The summed E-state index contributed by atoms with van der Waals surface area (Å²) in [5, 5.41) is 2.80. The molecule has 0 saturated carbocycles. The van der Waals surface area contributed by atoms with Crippen molar-refractivity contribution in [2.75, 3.05) is 7.11 Å². The lowest BCUT2D eigenvalue weighted by molar-refractivity contribution is -0.274. The van der Waals surface area contributed by atoms with Gasteiger partial charge in [0, 0.05) is 19.5 Å². The van der Waals surface area contributed by atoms with Crippen molar-refractivity contribution in [3.05, 3.63) is 59.7 Å². The standard InChI is InChI=1S/C23H25F3N2O4/c1-31-19-6-4-5-17(13-19)15-28-20(7-2-3-8-21(28)29)22(30)27-14-16-9-11-18(12-10-16)32-23(24,25)26/h4-6,9-13,20H,2-3,7-8,14-15H2,1H3,(H,27,30). The molecule has 9 heteroatoms. The number of hydrogen-bond acceptors (Lipinski definition) is 4. The Kier molecular flexibility index (Phi) is 7.61. The average molecular weight is 450 g/mol. The Bertz CT molecular complexity index is 932. The lowest BCUT2D eigenvalue weighted by Crippen LogP contribution is -2.48. The smallest absolute Gasteiger partial charge is 0.497 e. The van der Waals surface area contributed by atoms with Crippen LogP contribution in [0.2, 0.25) is 0 Å². The van der Waals surface area contributed by atoms with E-state index in [1.54, 1.807) is 12.0 Å². The van der Waals surface area contributed by atoms with Gasteiger partial charge in [-0.25, -0.2) is 0 Å². The predicted molar refractivity (Wildman–Crippen MR) is 111 cm³/mol. The highest BCUT2D eigenvalue weighted by Gasteiger charge is 2.32. The van der Waals surface area contributed by atoms with Crippen molar-refractivity contribution in [3.63, 3.8) is 0 Å². The van der Waals surface area contributed by atoms with Crippen LogP contribution < -0.4 is 14.8 Å².